The normalized spacial score (nSPS) is 33.0. The standard InChI is InChI=1S/C13H15F2NO/c14-7-1-3-9(11(15)5-7)13(16)10-6-8-2-4-12(10)17-8/h1,3,5,8,10,12-13H,2,4,6,16H2. The minimum atomic E-state index is -0.567. The van der Waals surface area contributed by atoms with E-state index in [-0.39, 0.29) is 12.0 Å². The molecule has 4 unspecified atom stereocenters. The highest BCUT2D eigenvalue weighted by Gasteiger charge is 2.44. The fourth-order valence-electron chi connectivity index (χ4n) is 3.06. The van der Waals surface area contributed by atoms with Crippen LogP contribution >= 0.6 is 0 Å². The van der Waals surface area contributed by atoms with Crippen LogP contribution in [0.15, 0.2) is 18.2 Å². The number of rotatable bonds is 2. The Labute approximate surface area is 98.8 Å². The van der Waals surface area contributed by atoms with Crippen LogP contribution in [0, 0.1) is 17.6 Å². The summed E-state index contributed by atoms with van der Waals surface area (Å²) in [5, 5.41) is 0. The van der Waals surface area contributed by atoms with Crippen LogP contribution in [0.1, 0.15) is 30.9 Å². The first-order chi connectivity index (χ1) is 8.15. The first kappa shape index (κ1) is 11.1. The van der Waals surface area contributed by atoms with Gasteiger partial charge in [-0.05, 0) is 25.3 Å². The fourth-order valence-corrected chi connectivity index (χ4v) is 3.06. The molecule has 4 heteroatoms. The van der Waals surface area contributed by atoms with E-state index in [1.54, 1.807) is 0 Å². The number of hydrogen-bond acceptors (Lipinski definition) is 2. The Bertz CT molecular complexity index is 437. The highest BCUT2D eigenvalue weighted by molar-refractivity contribution is 5.23. The molecule has 17 heavy (non-hydrogen) atoms. The molecule has 2 N–H and O–H groups in total. The van der Waals surface area contributed by atoms with E-state index in [1.807, 2.05) is 0 Å². The number of hydrogen-bond donors (Lipinski definition) is 1. The number of halogens is 2. The molecule has 2 saturated heterocycles. The van der Waals surface area contributed by atoms with Crippen molar-refractivity contribution in [1.82, 2.24) is 0 Å². The molecule has 1 aromatic carbocycles. The predicted octanol–water partition coefficient (Wildman–Crippen LogP) is 2.53. The summed E-state index contributed by atoms with van der Waals surface area (Å²) < 4.78 is 32.2. The second-order valence-electron chi connectivity index (χ2n) is 4.97. The lowest BCUT2D eigenvalue weighted by atomic mass is 9.81. The Kier molecular flexibility index (Phi) is 2.64. The van der Waals surface area contributed by atoms with Gasteiger partial charge >= 0.3 is 0 Å². The Morgan fingerprint density at radius 2 is 2.12 bits per heavy atom. The van der Waals surface area contributed by atoms with Gasteiger partial charge in [-0.25, -0.2) is 8.78 Å². The van der Waals surface area contributed by atoms with Crippen LogP contribution in [0.4, 0.5) is 8.78 Å². The molecule has 2 fully saturated rings. The van der Waals surface area contributed by atoms with Gasteiger partial charge in [-0.3, -0.25) is 0 Å². The quantitative estimate of drug-likeness (QED) is 0.860. The zero-order valence-corrected chi connectivity index (χ0v) is 9.40. The third kappa shape index (κ3) is 1.85. The molecule has 4 atom stereocenters. The van der Waals surface area contributed by atoms with Gasteiger partial charge in [-0.1, -0.05) is 6.07 Å². The summed E-state index contributed by atoms with van der Waals surface area (Å²) in [6, 6.07) is 3.20. The second kappa shape index (κ2) is 4.03. The van der Waals surface area contributed by atoms with Gasteiger partial charge in [0.15, 0.2) is 0 Å². The highest BCUT2D eigenvalue weighted by Crippen LogP contribution is 2.44. The molecule has 2 bridgehead atoms. The van der Waals surface area contributed by atoms with Gasteiger partial charge in [0.1, 0.15) is 11.6 Å². The van der Waals surface area contributed by atoms with Crippen LogP contribution in [-0.4, -0.2) is 12.2 Å². The van der Waals surface area contributed by atoms with Crippen molar-refractivity contribution in [2.75, 3.05) is 0 Å². The number of benzene rings is 1. The van der Waals surface area contributed by atoms with E-state index >= 15 is 0 Å². The topological polar surface area (TPSA) is 35.2 Å². The van der Waals surface area contributed by atoms with Crippen molar-refractivity contribution >= 4 is 0 Å². The maximum absolute atomic E-state index is 13.6. The summed E-state index contributed by atoms with van der Waals surface area (Å²) >= 11 is 0. The molecule has 1 aromatic rings. The SMILES string of the molecule is NC(c1ccc(F)cc1F)C1CC2CCC1O2. The van der Waals surface area contributed by atoms with Crippen LogP contribution in [0.25, 0.3) is 0 Å². The molecule has 2 aliphatic rings. The van der Waals surface area contributed by atoms with Gasteiger partial charge < -0.3 is 10.5 Å². The molecule has 0 spiro atoms. The Balaban J connectivity index is 1.84. The van der Waals surface area contributed by atoms with E-state index in [1.165, 1.54) is 12.1 Å². The molecular weight excluding hydrogens is 224 g/mol. The van der Waals surface area contributed by atoms with Crippen molar-refractivity contribution in [3.8, 4) is 0 Å². The number of fused-ring (bicyclic) bond motifs is 2. The van der Waals surface area contributed by atoms with Crippen molar-refractivity contribution in [2.24, 2.45) is 11.7 Å². The van der Waals surface area contributed by atoms with E-state index in [0.717, 1.165) is 25.3 Å². The zero-order chi connectivity index (χ0) is 12.0. The predicted molar refractivity (Wildman–Crippen MR) is 59.3 cm³/mol. The van der Waals surface area contributed by atoms with Gasteiger partial charge in [0.2, 0.25) is 0 Å². The smallest absolute Gasteiger partial charge is 0.130 e. The first-order valence-corrected chi connectivity index (χ1v) is 6.01. The van der Waals surface area contributed by atoms with Crippen LogP contribution in [-0.2, 0) is 4.74 Å². The third-order valence-electron chi connectivity index (χ3n) is 3.94. The lowest BCUT2D eigenvalue weighted by Crippen LogP contribution is -2.30. The summed E-state index contributed by atoms with van der Waals surface area (Å²) in [6.07, 6.45) is 3.42. The van der Waals surface area contributed by atoms with Crippen molar-refractivity contribution in [1.29, 1.82) is 0 Å². The Morgan fingerprint density at radius 1 is 1.29 bits per heavy atom. The monoisotopic (exact) mass is 239 g/mol. The largest absolute Gasteiger partial charge is 0.375 e. The zero-order valence-electron chi connectivity index (χ0n) is 9.40. The molecule has 2 nitrogen and oxygen atoms in total. The van der Waals surface area contributed by atoms with Crippen LogP contribution < -0.4 is 5.73 Å². The molecule has 0 aliphatic carbocycles. The van der Waals surface area contributed by atoms with E-state index < -0.39 is 17.7 Å². The highest BCUT2D eigenvalue weighted by atomic mass is 19.1. The molecule has 2 aliphatic heterocycles. The van der Waals surface area contributed by atoms with Gasteiger partial charge in [-0.15, -0.1) is 0 Å². The summed E-state index contributed by atoms with van der Waals surface area (Å²) in [6.45, 7) is 0. The van der Waals surface area contributed by atoms with Gasteiger partial charge in [0, 0.05) is 23.6 Å². The van der Waals surface area contributed by atoms with Crippen LogP contribution in [0.3, 0.4) is 0 Å². The fraction of sp³-hybridized carbons (Fsp3) is 0.538. The van der Waals surface area contributed by atoms with Gasteiger partial charge in [0.05, 0.1) is 12.2 Å². The Morgan fingerprint density at radius 3 is 2.71 bits per heavy atom. The van der Waals surface area contributed by atoms with Crippen LogP contribution in [0.2, 0.25) is 0 Å². The van der Waals surface area contributed by atoms with Gasteiger partial charge in [0.25, 0.3) is 0 Å². The molecule has 92 valence electrons. The third-order valence-corrected chi connectivity index (χ3v) is 3.94. The molecule has 0 saturated carbocycles. The first-order valence-electron chi connectivity index (χ1n) is 6.01. The molecule has 2 heterocycles. The van der Waals surface area contributed by atoms with E-state index in [4.69, 9.17) is 10.5 Å². The minimum absolute atomic E-state index is 0.152. The summed E-state index contributed by atoms with van der Waals surface area (Å²) in [5.74, 6) is -0.961. The summed E-state index contributed by atoms with van der Waals surface area (Å²) in [5.41, 5.74) is 6.49. The summed E-state index contributed by atoms with van der Waals surface area (Å²) in [7, 11) is 0. The molecular formula is C13H15F2NO. The lowest BCUT2D eigenvalue weighted by Gasteiger charge is -2.25. The molecule has 0 aromatic heterocycles. The number of ether oxygens (including phenoxy) is 1. The minimum Gasteiger partial charge on any atom is -0.375 e. The lowest BCUT2D eigenvalue weighted by molar-refractivity contribution is 0.0882. The summed E-state index contributed by atoms with van der Waals surface area (Å²) in [4.78, 5) is 0. The molecule has 0 radical (unpaired) electrons. The van der Waals surface area contributed by atoms with E-state index in [0.29, 0.717) is 11.7 Å². The number of nitrogens with two attached hydrogens (primary N) is 1. The van der Waals surface area contributed by atoms with Crippen molar-refractivity contribution in [3.63, 3.8) is 0 Å². The van der Waals surface area contributed by atoms with Crippen molar-refractivity contribution in [2.45, 2.75) is 37.5 Å². The molecule has 3 rings (SSSR count). The Hall–Kier alpha value is -1.00. The van der Waals surface area contributed by atoms with Crippen LogP contribution in [0.5, 0.6) is 0 Å². The molecule has 0 amide bonds. The average Bonchev–Trinajstić information content (AvgIpc) is 2.89. The van der Waals surface area contributed by atoms with Crippen molar-refractivity contribution in [3.05, 3.63) is 35.4 Å². The van der Waals surface area contributed by atoms with E-state index in [9.17, 15) is 8.78 Å². The van der Waals surface area contributed by atoms with Crippen molar-refractivity contribution < 1.29 is 13.5 Å². The second-order valence-corrected chi connectivity index (χ2v) is 4.97. The van der Waals surface area contributed by atoms with E-state index in [2.05, 4.69) is 0 Å². The average molecular weight is 239 g/mol. The van der Waals surface area contributed by atoms with Gasteiger partial charge in [-0.2, -0.15) is 0 Å². The maximum atomic E-state index is 13.6. The maximum Gasteiger partial charge on any atom is 0.130 e.